The van der Waals surface area contributed by atoms with Gasteiger partial charge in [-0.3, -0.25) is 0 Å². The highest BCUT2D eigenvalue weighted by Gasteiger charge is 2.28. The van der Waals surface area contributed by atoms with Crippen LogP contribution in [0.2, 0.25) is 0 Å². The Hall–Kier alpha value is -3.13. The number of nitrogens with one attached hydrogen (secondary N) is 2. The molecular formula is C45H67N3O6S3. The zero-order valence-corrected chi connectivity index (χ0v) is 38.8. The minimum Gasteiger partial charge on any atom is -0.207 e. The molecule has 0 saturated heterocycles. The van der Waals surface area contributed by atoms with E-state index in [1.807, 2.05) is 86.6 Å². The van der Waals surface area contributed by atoms with Crippen molar-refractivity contribution in [2.24, 2.45) is 0 Å². The fourth-order valence-electron chi connectivity index (χ4n) is 6.54. The van der Waals surface area contributed by atoms with E-state index in [0.29, 0.717) is 9.79 Å². The molecule has 2 N–H and O–H groups in total. The lowest BCUT2D eigenvalue weighted by molar-refractivity contribution is 0.473. The zero-order valence-electron chi connectivity index (χ0n) is 36.3. The second-order valence-electron chi connectivity index (χ2n) is 16.8. The molecule has 9 nitrogen and oxygen atoms in total. The molecule has 0 heterocycles. The Balaban J connectivity index is 1.85. The number of nitrogens with zero attached hydrogens (tertiary/aromatic N) is 1. The van der Waals surface area contributed by atoms with Crippen LogP contribution in [0.15, 0.2) is 87.5 Å². The van der Waals surface area contributed by atoms with Crippen LogP contribution in [0.4, 0.5) is 0 Å². The van der Waals surface area contributed by atoms with Gasteiger partial charge in [-0.1, -0.05) is 149 Å². The average molecular weight is 842 g/mol. The first-order valence-corrected chi connectivity index (χ1v) is 24.5. The van der Waals surface area contributed by atoms with Gasteiger partial charge < -0.3 is 0 Å². The van der Waals surface area contributed by atoms with Gasteiger partial charge in [-0.05, 0) is 87.9 Å². The van der Waals surface area contributed by atoms with Gasteiger partial charge in [0.25, 0.3) is 0 Å². The summed E-state index contributed by atoms with van der Waals surface area (Å²) >= 11 is 0. The first-order chi connectivity index (χ1) is 26.4. The predicted octanol–water partition coefficient (Wildman–Crippen LogP) is 9.80. The molecule has 12 heteroatoms. The Kier molecular flexibility index (Phi) is 17.1. The van der Waals surface area contributed by atoms with Gasteiger partial charge in [0.05, 0.1) is 14.7 Å². The highest BCUT2D eigenvalue weighted by Crippen LogP contribution is 2.36. The van der Waals surface area contributed by atoms with Crippen molar-refractivity contribution in [3.63, 3.8) is 0 Å². The van der Waals surface area contributed by atoms with Gasteiger partial charge in [0.15, 0.2) is 0 Å². The molecule has 0 aliphatic carbocycles. The average Bonchev–Trinajstić information content (AvgIpc) is 3.12. The van der Waals surface area contributed by atoms with Crippen molar-refractivity contribution in [3.05, 3.63) is 112 Å². The lowest BCUT2D eigenvalue weighted by Crippen LogP contribution is -2.32. The van der Waals surface area contributed by atoms with Crippen LogP contribution in [-0.2, 0) is 30.1 Å². The molecule has 0 spiro atoms. The Labute approximate surface area is 345 Å². The maximum atomic E-state index is 13.9. The molecule has 57 heavy (non-hydrogen) atoms. The fraction of sp³-hybridized carbons (Fsp3) is 0.511. The highest BCUT2D eigenvalue weighted by atomic mass is 32.2. The van der Waals surface area contributed by atoms with Crippen LogP contribution in [0.1, 0.15) is 158 Å². The van der Waals surface area contributed by atoms with Crippen molar-refractivity contribution in [2.45, 2.75) is 140 Å². The molecule has 0 aromatic heterocycles. The molecule has 3 rings (SSSR count). The number of aryl methyl sites for hydroxylation is 1. The topological polar surface area (TPSA) is 130 Å². The summed E-state index contributed by atoms with van der Waals surface area (Å²) in [5.41, 5.74) is 6.20. The van der Waals surface area contributed by atoms with Crippen LogP contribution in [0.25, 0.3) is 0 Å². The van der Waals surface area contributed by atoms with Crippen molar-refractivity contribution in [2.75, 3.05) is 26.2 Å². The molecule has 3 aromatic carbocycles. The van der Waals surface area contributed by atoms with Gasteiger partial charge in [-0.15, -0.1) is 0 Å². The number of hydrogen-bond donors (Lipinski definition) is 2. The summed E-state index contributed by atoms with van der Waals surface area (Å²) in [5, 5.41) is 0. The molecule has 0 saturated carbocycles. The molecule has 0 aliphatic heterocycles. The summed E-state index contributed by atoms with van der Waals surface area (Å²) in [7, 11) is -11.8. The van der Waals surface area contributed by atoms with Crippen molar-refractivity contribution in [3.8, 4) is 0 Å². The van der Waals surface area contributed by atoms with Gasteiger partial charge in [0, 0.05) is 26.2 Å². The Morgan fingerprint density at radius 2 is 0.807 bits per heavy atom. The van der Waals surface area contributed by atoms with Gasteiger partial charge in [0.1, 0.15) is 0 Å². The van der Waals surface area contributed by atoms with Crippen LogP contribution < -0.4 is 9.44 Å². The monoisotopic (exact) mass is 841 g/mol. The zero-order chi connectivity index (χ0) is 43.0. The molecule has 0 bridgehead atoms. The summed E-state index contributed by atoms with van der Waals surface area (Å²) in [5.74, 6) is 0.428. The molecule has 0 aliphatic rings. The van der Waals surface area contributed by atoms with E-state index in [1.165, 1.54) is 4.31 Å². The van der Waals surface area contributed by atoms with Crippen LogP contribution >= 0.6 is 0 Å². The van der Waals surface area contributed by atoms with E-state index in [4.69, 9.17) is 0 Å². The number of rotatable bonds is 20. The first kappa shape index (κ1) is 48.2. The Bertz CT molecular complexity index is 2040. The quantitative estimate of drug-likeness (QED) is 0.109. The third-order valence-electron chi connectivity index (χ3n) is 10.1. The van der Waals surface area contributed by atoms with Crippen LogP contribution in [0.5, 0.6) is 0 Å². The normalized spacial score (nSPS) is 13.4. The maximum absolute atomic E-state index is 13.9. The van der Waals surface area contributed by atoms with Crippen LogP contribution in [-0.4, -0.2) is 55.7 Å². The fourth-order valence-corrected chi connectivity index (χ4v) is 11.2. The smallest absolute Gasteiger partial charge is 0.207 e. The molecule has 0 atom stereocenters. The molecule has 316 valence electrons. The van der Waals surface area contributed by atoms with Crippen molar-refractivity contribution < 1.29 is 25.3 Å². The summed E-state index contributed by atoms with van der Waals surface area (Å²) < 4.78 is 89.7. The Morgan fingerprint density at radius 3 is 1.09 bits per heavy atom. The summed E-state index contributed by atoms with van der Waals surface area (Å²) in [6, 6.07) is 14.5. The second-order valence-corrected chi connectivity index (χ2v) is 22.1. The molecule has 0 radical (unpaired) electrons. The maximum Gasteiger partial charge on any atom is 0.243 e. The van der Waals surface area contributed by atoms with E-state index in [0.717, 1.165) is 38.9 Å². The number of sulfonamides is 3. The van der Waals surface area contributed by atoms with Crippen molar-refractivity contribution >= 4 is 30.1 Å². The molecule has 0 amide bonds. The SMILES string of the molecule is Cc1ccc(S(=O)(=O)N(C/C=C/CNS(=O)(=O)c2c(C(C)C)cc(C(C)C)cc2C(C)C)C/C=C/CNS(=O)(=O)c2c(C(C)C)cc(C(C)C)cc2C(C)C)cc1. The van der Waals surface area contributed by atoms with E-state index >= 15 is 0 Å². The summed E-state index contributed by atoms with van der Waals surface area (Å²) in [6.07, 6.45) is 6.48. The third kappa shape index (κ3) is 12.4. The van der Waals surface area contributed by atoms with Crippen molar-refractivity contribution in [1.29, 1.82) is 0 Å². The molecule has 0 unspecified atom stereocenters. The van der Waals surface area contributed by atoms with Gasteiger partial charge in [0.2, 0.25) is 30.1 Å². The highest BCUT2D eigenvalue weighted by molar-refractivity contribution is 7.90. The lowest BCUT2D eigenvalue weighted by Gasteiger charge is -2.23. The molecule has 3 aromatic rings. The predicted molar refractivity (Wildman–Crippen MR) is 236 cm³/mol. The van der Waals surface area contributed by atoms with Crippen molar-refractivity contribution in [1.82, 2.24) is 13.7 Å². The molecular weight excluding hydrogens is 775 g/mol. The first-order valence-electron chi connectivity index (χ1n) is 20.1. The summed E-state index contributed by atoms with van der Waals surface area (Å²) in [4.78, 5) is 0.738. The Morgan fingerprint density at radius 1 is 0.491 bits per heavy atom. The largest absolute Gasteiger partial charge is 0.243 e. The van der Waals surface area contributed by atoms with Gasteiger partial charge >= 0.3 is 0 Å². The van der Waals surface area contributed by atoms with Gasteiger partial charge in [-0.25, -0.2) is 34.7 Å². The standard InChI is InChI=1S/C45H67N3O6S3/c1-30(2)37-26-40(32(5)6)44(41(27-37)33(7)8)55(49,50)46-22-14-16-24-48(57(53,54)39-20-18-36(13)19-21-39)25-17-15-23-47-56(51,52)45-42(34(9)10)28-38(31(3)4)29-43(45)35(11)12/h14-21,26-35,46-47H,22-25H2,1-13H3/b16-14+,17-15+. The van der Waals surface area contributed by atoms with Crippen LogP contribution in [0, 0.1) is 6.92 Å². The minimum atomic E-state index is -3.96. The molecule has 0 fully saturated rings. The number of benzene rings is 3. The van der Waals surface area contributed by atoms with E-state index in [9.17, 15) is 25.3 Å². The van der Waals surface area contributed by atoms with E-state index < -0.39 is 30.1 Å². The number of hydrogen-bond acceptors (Lipinski definition) is 6. The minimum absolute atomic E-state index is 0.0153. The lowest BCUT2D eigenvalue weighted by atomic mass is 9.89. The van der Waals surface area contributed by atoms with E-state index in [-0.39, 0.29) is 66.6 Å². The van der Waals surface area contributed by atoms with E-state index in [1.54, 1.807) is 48.6 Å². The second kappa shape index (κ2) is 20.2. The third-order valence-corrected chi connectivity index (χ3v) is 15.0. The van der Waals surface area contributed by atoms with E-state index in [2.05, 4.69) is 37.1 Å². The summed E-state index contributed by atoms with van der Waals surface area (Å²) in [6.45, 7) is 26.0. The van der Waals surface area contributed by atoms with Crippen LogP contribution in [0.3, 0.4) is 0 Å². The van der Waals surface area contributed by atoms with Gasteiger partial charge in [-0.2, -0.15) is 4.31 Å².